The van der Waals surface area contributed by atoms with E-state index in [-0.39, 0.29) is 11.5 Å². The van der Waals surface area contributed by atoms with Gasteiger partial charge in [0.1, 0.15) is 5.69 Å². The van der Waals surface area contributed by atoms with Gasteiger partial charge in [-0.15, -0.1) is 0 Å². The molecule has 102 valence electrons. The van der Waals surface area contributed by atoms with E-state index in [2.05, 4.69) is 18.8 Å². The molecular formula is C14H18N2O3. The Kier molecular flexibility index (Phi) is 3.83. The predicted molar refractivity (Wildman–Crippen MR) is 70.1 cm³/mol. The van der Waals surface area contributed by atoms with E-state index >= 15 is 0 Å². The molecule has 0 aromatic carbocycles. The summed E-state index contributed by atoms with van der Waals surface area (Å²) in [6.45, 7) is 4.86. The molecule has 5 nitrogen and oxygen atoms in total. The molecule has 5 heteroatoms. The summed E-state index contributed by atoms with van der Waals surface area (Å²) in [5.74, 6) is -0.733. The predicted octanol–water partition coefficient (Wildman–Crippen LogP) is 2.04. The SMILES string of the molecule is CC(C)CN(C(=O)c1ccc(C(=O)O)cn1)C1CC1. The molecule has 0 unspecified atom stereocenters. The highest BCUT2D eigenvalue weighted by Crippen LogP contribution is 2.28. The number of pyridine rings is 1. The molecule has 1 fully saturated rings. The normalized spacial score (nSPS) is 14.5. The van der Waals surface area contributed by atoms with Crippen LogP contribution in [0.3, 0.4) is 0 Å². The lowest BCUT2D eigenvalue weighted by atomic mass is 10.2. The highest BCUT2D eigenvalue weighted by molar-refractivity contribution is 5.94. The first-order valence-corrected chi connectivity index (χ1v) is 6.49. The number of nitrogens with zero attached hydrogens (tertiary/aromatic N) is 2. The first-order chi connectivity index (χ1) is 8.99. The van der Waals surface area contributed by atoms with Gasteiger partial charge in [-0.3, -0.25) is 9.78 Å². The van der Waals surface area contributed by atoms with Gasteiger partial charge in [0.25, 0.3) is 5.91 Å². The van der Waals surface area contributed by atoms with E-state index < -0.39 is 5.97 Å². The minimum absolute atomic E-state index is 0.0957. The summed E-state index contributed by atoms with van der Waals surface area (Å²) in [6.07, 6.45) is 3.33. The standard InChI is InChI=1S/C14H18N2O3/c1-9(2)8-16(11-4-5-11)13(17)12-6-3-10(7-15-12)14(18)19/h3,6-7,9,11H,4-5,8H2,1-2H3,(H,18,19). The zero-order chi connectivity index (χ0) is 14.0. The number of carboxylic acid groups (broad SMARTS) is 1. The quantitative estimate of drug-likeness (QED) is 0.881. The van der Waals surface area contributed by atoms with Crippen molar-refractivity contribution in [2.75, 3.05) is 6.54 Å². The zero-order valence-electron chi connectivity index (χ0n) is 11.2. The molecule has 1 aliphatic carbocycles. The summed E-state index contributed by atoms with van der Waals surface area (Å²) >= 11 is 0. The number of hydrogen-bond donors (Lipinski definition) is 1. The third-order valence-electron chi connectivity index (χ3n) is 3.04. The van der Waals surface area contributed by atoms with Crippen LogP contribution in [0.25, 0.3) is 0 Å². The molecule has 0 radical (unpaired) electrons. The molecule has 0 bridgehead atoms. The fourth-order valence-corrected chi connectivity index (χ4v) is 1.97. The van der Waals surface area contributed by atoms with E-state index in [0.717, 1.165) is 12.8 Å². The Hall–Kier alpha value is -1.91. The van der Waals surface area contributed by atoms with E-state index in [0.29, 0.717) is 24.2 Å². The van der Waals surface area contributed by atoms with Gasteiger partial charge in [0.05, 0.1) is 5.56 Å². The van der Waals surface area contributed by atoms with Gasteiger partial charge in [0.15, 0.2) is 0 Å². The molecule has 0 saturated heterocycles. The molecule has 1 aromatic rings. The highest BCUT2D eigenvalue weighted by Gasteiger charge is 2.33. The van der Waals surface area contributed by atoms with Crippen molar-refractivity contribution in [1.82, 2.24) is 9.88 Å². The third-order valence-corrected chi connectivity index (χ3v) is 3.04. The third kappa shape index (κ3) is 3.30. The molecule has 1 amide bonds. The molecule has 0 spiro atoms. The van der Waals surface area contributed by atoms with Crippen molar-refractivity contribution in [3.05, 3.63) is 29.6 Å². The van der Waals surface area contributed by atoms with E-state index in [9.17, 15) is 9.59 Å². The second-order valence-corrected chi connectivity index (χ2v) is 5.32. The number of carboxylic acids is 1. The molecule has 2 rings (SSSR count). The maximum Gasteiger partial charge on any atom is 0.337 e. The molecule has 1 saturated carbocycles. The second kappa shape index (κ2) is 5.38. The van der Waals surface area contributed by atoms with Crippen LogP contribution in [-0.2, 0) is 0 Å². The lowest BCUT2D eigenvalue weighted by molar-refractivity contribution is 0.0688. The Morgan fingerprint density at radius 3 is 2.53 bits per heavy atom. The Morgan fingerprint density at radius 1 is 1.42 bits per heavy atom. The lowest BCUT2D eigenvalue weighted by Crippen LogP contribution is -2.36. The smallest absolute Gasteiger partial charge is 0.337 e. The minimum Gasteiger partial charge on any atom is -0.478 e. The summed E-state index contributed by atoms with van der Waals surface area (Å²) < 4.78 is 0. The van der Waals surface area contributed by atoms with Crippen molar-refractivity contribution >= 4 is 11.9 Å². The van der Waals surface area contributed by atoms with E-state index in [1.165, 1.54) is 18.3 Å². The van der Waals surface area contributed by atoms with Crippen LogP contribution in [0.5, 0.6) is 0 Å². The lowest BCUT2D eigenvalue weighted by Gasteiger charge is -2.24. The average molecular weight is 262 g/mol. The summed E-state index contributed by atoms with van der Waals surface area (Å²) in [7, 11) is 0. The summed E-state index contributed by atoms with van der Waals surface area (Å²) in [6, 6.07) is 3.24. The van der Waals surface area contributed by atoms with E-state index in [4.69, 9.17) is 5.11 Å². The fourth-order valence-electron chi connectivity index (χ4n) is 1.97. The van der Waals surface area contributed by atoms with E-state index in [1.807, 2.05) is 4.90 Å². The van der Waals surface area contributed by atoms with Crippen molar-refractivity contribution in [3.63, 3.8) is 0 Å². The minimum atomic E-state index is -1.03. The first-order valence-electron chi connectivity index (χ1n) is 6.49. The first kappa shape index (κ1) is 13.5. The number of aromatic carboxylic acids is 1. The van der Waals surface area contributed by atoms with Crippen LogP contribution in [0, 0.1) is 5.92 Å². The molecular weight excluding hydrogens is 244 g/mol. The molecule has 1 N–H and O–H groups in total. The Balaban J connectivity index is 2.14. The molecule has 1 aliphatic rings. The molecule has 1 heterocycles. The van der Waals surface area contributed by atoms with E-state index in [1.54, 1.807) is 0 Å². The maximum absolute atomic E-state index is 12.4. The van der Waals surface area contributed by atoms with Crippen LogP contribution in [-0.4, -0.2) is 39.5 Å². The number of hydrogen-bond acceptors (Lipinski definition) is 3. The molecule has 1 aromatic heterocycles. The van der Waals surface area contributed by atoms with Crippen molar-refractivity contribution in [3.8, 4) is 0 Å². The van der Waals surface area contributed by atoms with Gasteiger partial charge in [-0.05, 0) is 30.9 Å². The van der Waals surface area contributed by atoms with Gasteiger partial charge >= 0.3 is 5.97 Å². The van der Waals surface area contributed by atoms with Crippen molar-refractivity contribution in [1.29, 1.82) is 0 Å². The van der Waals surface area contributed by atoms with Crippen LogP contribution in [0.15, 0.2) is 18.3 Å². The van der Waals surface area contributed by atoms with Gasteiger partial charge in [0, 0.05) is 18.8 Å². The van der Waals surface area contributed by atoms with Crippen molar-refractivity contribution < 1.29 is 14.7 Å². The number of carbonyl (C=O) groups excluding carboxylic acids is 1. The fraction of sp³-hybridized carbons (Fsp3) is 0.500. The Bertz CT molecular complexity index is 478. The van der Waals surface area contributed by atoms with Gasteiger partial charge in [-0.2, -0.15) is 0 Å². The largest absolute Gasteiger partial charge is 0.478 e. The van der Waals surface area contributed by atoms with Crippen molar-refractivity contribution in [2.24, 2.45) is 5.92 Å². The number of aromatic nitrogens is 1. The monoisotopic (exact) mass is 262 g/mol. The number of amides is 1. The van der Waals surface area contributed by atoms with Crippen LogP contribution in [0.2, 0.25) is 0 Å². The average Bonchev–Trinajstić information content (AvgIpc) is 3.19. The Labute approximate surface area is 112 Å². The van der Waals surface area contributed by atoms with Crippen LogP contribution in [0.1, 0.15) is 47.5 Å². The Morgan fingerprint density at radius 2 is 2.11 bits per heavy atom. The molecule has 0 aliphatic heterocycles. The summed E-state index contributed by atoms with van der Waals surface area (Å²) in [5, 5.41) is 8.81. The van der Waals surface area contributed by atoms with Crippen molar-refractivity contribution in [2.45, 2.75) is 32.7 Å². The van der Waals surface area contributed by atoms with Gasteiger partial charge < -0.3 is 10.0 Å². The second-order valence-electron chi connectivity index (χ2n) is 5.32. The molecule has 19 heavy (non-hydrogen) atoms. The maximum atomic E-state index is 12.4. The summed E-state index contributed by atoms with van der Waals surface area (Å²) in [5.41, 5.74) is 0.413. The van der Waals surface area contributed by atoms with Crippen LogP contribution < -0.4 is 0 Å². The van der Waals surface area contributed by atoms with Gasteiger partial charge in [-0.1, -0.05) is 13.8 Å². The van der Waals surface area contributed by atoms with Gasteiger partial charge in [0.2, 0.25) is 0 Å². The molecule has 0 atom stereocenters. The van der Waals surface area contributed by atoms with Gasteiger partial charge in [-0.25, -0.2) is 4.79 Å². The number of carbonyl (C=O) groups is 2. The summed E-state index contributed by atoms with van der Waals surface area (Å²) in [4.78, 5) is 28.9. The van der Waals surface area contributed by atoms with Crippen LogP contribution in [0.4, 0.5) is 0 Å². The number of rotatable bonds is 5. The highest BCUT2D eigenvalue weighted by atomic mass is 16.4. The zero-order valence-corrected chi connectivity index (χ0v) is 11.2. The van der Waals surface area contributed by atoms with Crippen LogP contribution >= 0.6 is 0 Å². The topological polar surface area (TPSA) is 70.5 Å².